The fourth-order valence-corrected chi connectivity index (χ4v) is 6.67. The van der Waals surface area contributed by atoms with Crippen LogP contribution in [0.1, 0.15) is 68.0 Å². The van der Waals surface area contributed by atoms with Gasteiger partial charge in [-0.1, -0.05) is 18.2 Å². The van der Waals surface area contributed by atoms with Crippen LogP contribution in [0.5, 0.6) is 0 Å². The first-order valence-electron chi connectivity index (χ1n) is 11.1. The summed E-state index contributed by atoms with van der Waals surface area (Å²) < 4.78 is 5.64. The third-order valence-electron chi connectivity index (χ3n) is 8.26. The second kappa shape index (κ2) is 6.18. The molecule has 2 aliphatic carbocycles. The van der Waals surface area contributed by atoms with Gasteiger partial charge in [0.05, 0.1) is 11.1 Å². The number of benzene rings is 1. The Morgan fingerprint density at radius 1 is 1.17 bits per heavy atom. The Labute approximate surface area is 171 Å². The number of aromatic nitrogens is 1. The molecule has 2 spiro atoms. The van der Waals surface area contributed by atoms with Crippen molar-refractivity contribution in [1.82, 2.24) is 9.88 Å². The van der Waals surface area contributed by atoms with E-state index in [1.807, 2.05) is 19.1 Å². The van der Waals surface area contributed by atoms with Gasteiger partial charge in [-0.25, -0.2) is 4.98 Å². The van der Waals surface area contributed by atoms with Crippen molar-refractivity contribution in [2.75, 3.05) is 18.4 Å². The fourth-order valence-electron chi connectivity index (χ4n) is 6.67. The number of aryl methyl sites for hydroxylation is 1. The van der Waals surface area contributed by atoms with Crippen molar-refractivity contribution in [2.45, 2.75) is 69.2 Å². The molecule has 0 radical (unpaired) electrons. The molecule has 1 saturated heterocycles. The van der Waals surface area contributed by atoms with E-state index in [0.29, 0.717) is 17.4 Å². The van der Waals surface area contributed by atoms with Crippen LogP contribution in [-0.4, -0.2) is 34.9 Å². The van der Waals surface area contributed by atoms with E-state index in [9.17, 15) is 4.79 Å². The van der Waals surface area contributed by atoms with Gasteiger partial charge < -0.3 is 9.73 Å². The second-order valence-electron chi connectivity index (χ2n) is 9.97. The zero-order valence-corrected chi connectivity index (χ0v) is 17.1. The maximum absolute atomic E-state index is 12.8. The van der Waals surface area contributed by atoms with Crippen molar-refractivity contribution >= 4 is 11.6 Å². The molecule has 1 aromatic carbocycles. The lowest BCUT2D eigenvalue weighted by molar-refractivity contribution is -0.122. The molecule has 4 aliphatic rings. The van der Waals surface area contributed by atoms with Gasteiger partial charge in [0.2, 0.25) is 5.91 Å². The number of amides is 1. The Balaban J connectivity index is 1.10. The zero-order valence-electron chi connectivity index (χ0n) is 17.1. The molecule has 5 nitrogen and oxygen atoms in total. The van der Waals surface area contributed by atoms with Crippen LogP contribution in [-0.2, 0) is 10.2 Å². The summed E-state index contributed by atoms with van der Waals surface area (Å²) in [5.41, 5.74) is 3.43. The molecule has 2 aromatic rings. The highest BCUT2D eigenvalue weighted by Crippen LogP contribution is 2.57. The van der Waals surface area contributed by atoms with Crippen LogP contribution < -0.4 is 5.32 Å². The van der Waals surface area contributed by atoms with E-state index in [4.69, 9.17) is 4.42 Å². The number of hydrogen-bond donors (Lipinski definition) is 1. The molecule has 0 unspecified atom stereocenters. The largest absolute Gasteiger partial charge is 0.448 e. The molecule has 2 aliphatic heterocycles. The average molecular weight is 392 g/mol. The minimum atomic E-state index is -0.283. The lowest BCUT2D eigenvalue weighted by atomic mass is 9.61. The molecule has 6 rings (SSSR count). The number of rotatable bonds is 2. The smallest absolute Gasteiger partial charge is 0.235 e. The van der Waals surface area contributed by atoms with Crippen molar-refractivity contribution in [3.8, 4) is 0 Å². The number of oxazole rings is 1. The summed E-state index contributed by atoms with van der Waals surface area (Å²) in [5, 5.41) is 3.13. The van der Waals surface area contributed by atoms with Gasteiger partial charge in [-0.05, 0) is 75.5 Å². The highest BCUT2D eigenvalue weighted by molar-refractivity contribution is 6.06. The quantitative estimate of drug-likeness (QED) is 0.825. The summed E-state index contributed by atoms with van der Waals surface area (Å²) in [6.07, 6.45) is 9.71. The Morgan fingerprint density at radius 2 is 1.97 bits per heavy atom. The summed E-state index contributed by atoms with van der Waals surface area (Å²) >= 11 is 0. The summed E-state index contributed by atoms with van der Waals surface area (Å²) in [6, 6.07) is 8.90. The van der Waals surface area contributed by atoms with Gasteiger partial charge in [-0.3, -0.25) is 9.69 Å². The van der Waals surface area contributed by atoms with Gasteiger partial charge in [-0.15, -0.1) is 0 Å². The molecular weight excluding hydrogens is 362 g/mol. The van der Waals surface area contributed by atoms with Crippen molar-refractivity contribution in [2.24, 2.45) is 5.41 Å². The van der Waals surface area contributed by atoms with E-state index in [2.05, 4.69) is 27.3 Å². The maximum atomic E-state index is 12.8. The first-order valence-corrected chi connectivity index (χ1v) is 11.1. The Hall–Kier alpha value is -2.14. The number of likely N-dealkylation sites (tertiary alicyclic amines) is 1. The van der Waals surface area contributed by atoms with Crippen LogP contribution in [0.4, 0.5) is 5.69 Å². The van der Waals surface area contributed by atoms with Gasteiger partial charge in [-0.2, -0.15) is 0 Å². The van der Waals surface area contributed by atoms with Crippen molar-refractivity contribution in [3.05, 3.63) is 47.7 Å². The molecule has 29 heavy (non-hydrogen) atoms. The molecule has 152 valence electrons. The number of carbonyl (C=O) groups excluding carboxylic acids is 1. The van der Waals surface area contributed by atoms with Gasteiger partial charge in [0, 0.05) is 24.2 Å². The van der Waals surface area contributed by atoms with Crippen molar-refractivity contribution in [1.29, 1.82) is 0 Å². The summed E-state index contributed by atoms with van der Waals surface area (Å²) in [4.78, 5) is 20.1. The van der Waals surface area contributed by atoms with Crippen LogP contribution in [0.15, 0.2) is 34.9 Å². The third kappa shape index (κ3) is 2.63. The lowest BCUT2D eigenvalue weighted by Crippen LogP contribution is -2.46. The van der Waals surface area contributed by atoms with E-state index in [-0.39, 0.29) is 11.3 Å². The molecule has 3 heterocycles. The maximum Gasteiger partial charge on any atom is 0.235 e. The molecule has 5 heteroatoms. The first-order chi connectivity index (χ1) is 14.1. The number of fused-ring (bicyclic) bond motifs is 2. The molecule has 1 amide bonds. The molecule has 0 atom stereocenters. The molecular formula is C24H29N3O2. The van der Waals surface area contributed by atoms with Gasteiger partial charge in [0.1, 0.15) is 6.26 Å². The molecule has 2 saturated carbocycles. The zero-order chi connectivity index (χ0) is 19.6. The topological polar surface area (TPSA) is 58.4 Å². The van der Waals surface area contributed by atoms with Gasteiger partial charge in [0.25, 0.3) is 0 Å². The Morgan fingerprint density at radius 3 is 2.72 bits per heavy atom. The standard InChI is InChI=1S/C24H29N3O2/c1-16-14-29-21(25-16)17-12-23(13-17)10-11-27(15-23)18-6-8-24(9-7-18)19-4-2-3-5-20(19)26-22(24)28/h2-5,14,17-18H,6-13,15H2,1H3,(H,26,28). The first kappa shape index (κ1) is 17.7. The van der Waals surface area contributed by atoms with Crippen LogP contribution in [0.3, 0.4) is 0 Å². The van der Waals surface area contributed by atoms with Gasteiger partial charge >= 0.3 is 0 Å². The molecule has 1 N–H and O–H groups in total. The molecule has 1 aromatic heterocycles. The SMILES string of the molecule is Cc1coc(C2CC3(CCN(C4CCC5(CC4)C(=O)Nc4ccccc45)C3)C2)n1. The predicted octanol–water partition coefficient (Wildman–Crippen LogP) is 4.39. The Bertz CT molecular complexity index is 951. The number of nitrogens with zero attached hydrogens (tertiary/aromatic N) is 2. The number of nitrogens with one attached hydrogen (secondary N) is 1. The number of hydrogen-bond acceptors (Lipinski definition) is 4. The number of carbonyl (C=O) groups is 1. The van der Waals surface area contributed by atoms with Crippen LogP contribution in [0, 0.1) is 12.3 Å². The van der Waals surface area contributed by atoms with E-state index >= 15 is 0 Å². The normalized spacial score (nSPS) is 36.4. The average Bonchev–Trinajstić information content (AvgIpc) is 3.39. The van der Waals surface area contributed by atoms with Crippen molar-refractivity contribution < 1.29 is 9.21 Å². The van der Waals surface area contributed by atoms with Crippen LogP contribution >= 0.6 is 0 Å². The van der Waals surface area contributed by atoms with E-state index < -0.39 is 0 Å². The van der Waals surface area contributed by atoms with E-state index in [1.165, 1.54) is 37.9 Å². The second-order valence-corrected chi connectivity index (χ2v) is 9.97. The molecule has 0 bridgehead atoms. The summed E-state index contributed by atoms with van der Waals surface area (Å²) in [5.74, 6) is 1.67. The summed E-state index contributed by atoms with van der Waals surface area (Å²) in [6.45, 7) is 4.42. The van der Waals surface area contributed by atoms with E-state index in [0.717, 1.165) is 43.0 Å². The number of para-hydroxylation sites is 1. The monoisotopic (exact) mass is 391 g/mol. The predicted molar refractivity (Wildman–Crippen MR) is 111 cm³/mol. The highest BCUT2D eigenvalue weighted by atomic mass is 16.3. The molecule has 3 fully saturated rings. The fraction of sp³-hybridized carbons (Fsp3) is 0.583. The third-order valence-corrected chi connectivity index (χ3v) is 8.26. The van der Waals surface area contributed by atoms with Crippen LogP contribution in [0.25, 0.3) is 0 Å². The highest BCUT2D eigenvalue weighted by Gasteiger charge is 2.53. The minimum Gasteiger partial charge on any atom is -0.448 e. The van der Waals surface area contributed by atoms with Crippen LogP contribution in [0.2, 0.25) is 0 Å². The Kier molecular flexibility index (Phi) is 3.77. The van der Waals surface area contributed by atoms with E-state index in [1.54, 1.807) is 6.26 Å². The van der Waals surface area contributed by atoms with Crippen molar-refractivity contribution in [3.63, 3.8) is 0 Å². The minimum absolute atomic E-state index is 0.220. The summed E-state index contributed by atoms with van der Waals surface area (Å²) in [7, 11) is 0. The lowest BCUT2D eigenvalue weighted by Gasteiger charge is -2.45. The number of anilines is 1. The van der Waals surface area contributed by atoms with Gasteiger partial charge in [0.15, 0.2) is 5.89 Å².